The second kappa shape index (κ2) is 5.06. The Balaban J connectivity index is 2.46. The van der Waals surface area contributed by atoms with Gasteiger partial charge in [0.1, 0.15) is 5.00 Å². The van der Waals surface area contributed by atoms with Crippen LogP contribution in [0.25, 0.3) is 9.75 Å². The summed E-state index contributed by atoms with van der Waals surface area (Å²) in [6, 6.07) is 1.95. The van der Waals surface area contributed by atoms with Gasteiger partial charge in [-0.15, -0.1) is 22.7 Å². The molecular weight excluding hydrogens is 295 g/mol. The van der Waals surface area contributed by atoms with Crippen LogP contribution >= 0.6 is 45.9 Å². The first kappa shape index (κ1) is 13.0. The Hall–Kier alpha value is -0.420. The van der Waals surface area contributed by atoms with Crippen molar-refractivity contribution in [3.8, 4) is 9.75 Å². The number of nitrogens with one attached hydrogen (secondary N) is 1. The number of hydrogen-bond donors (Lipinski definition) is 1. The number of thiophene rings is 2. The largest absolute Gasteiger partial charge is 0.386 e. The van der Waals surface area contributed by atoms with Gasteiger partial charge < -0.3 is 10.2 Å². The molecule has 0 aliphatic carbocycles. The summed E-state index contributed by atoms with van der Waals surface area (Å²) >= 11 is 15.6. The normalized spacial score (nSPS) is 10.6. The van der Waals surface area contributed by atoms with E-state index in [1.807, 2.05) is 32.1 Å². The van der Waals surface area contributed by atoms with Crippen molar-refractivity contribution in [3.63, 3.8) is 0 Å². The SMILES string of the molecule is CNc1[c]sc(-c2cc(Cl)c(N(C)C)s2)c1Cl. The van der Waals surface area contributed by atoms with Crippen molar-refractivity contribution in [2.24, 2.45) is 0 Å². The minimum absolute atomic E-state index is 0.709. The summed E-state index contributed by atoms with van der Waals surface area (Å²) in [6.07, 6.45) is 0. The van der Waals surface area contributed by atoms with Crippen molar-refractivity contribution in [1.82, 2.24) is 0 Å². The van der Waals surface area contributed by atoms with E-state index in [4.69, 9.17) is 23.2 Å². The fourth-order valence-corrected chi connectivity index (χ4v) is 4.26. The third kappa shape index (κ3) is 2.40. The molecule has 0 unspecified atom stereocenters. The van der Waals surface area contributed by atoms with Crippen molar-refractivity contribution < 1.29 is 0 Å². The maximum atomic E-state index is 6.27. The summed E-state index contributed by atoms with van der Waals surface area (Å²) in [4.78, 5) is 4.09. The molecule has 6 heteroatoms. The molecule has 0 aliphatic heterocycles. The van der Waals surface area contributed by atoms with Crippen LogP contribution in [0.1, 0.15) is 0 Å². The zero-order chi connectivity index (χ0) is 12.6. The first-order chi connectivity index (χ1) is 8.04. The van der Waals surface area contributed by atoms with E-state index in [9.17, 15) is 0 Å². The average molecular weight is 306 g/mol. The summed E-state index contributed by atoms with van der Waals surface area (Å²) in [5.41, 5.74) is 0.836. The van der Waals surface area contributed by atoms with E-state index in [-0.39, 0.29) is 0 Å². The van der Waals surface area contributed by atoms with E-state index in [2.05, 4.69) is 10.7 Å². The second-order valence-corrected chi connectivity index (χ2v) is 6.26. The van der Waals surface area contributed by atoms with Crippen LogP contribution in [-0.2, 0) is 0 Å². The van der Waals surface area contributed by atoms with Crippen LogP contribution < -0.4 is 10.2 Å². The Morgan fingerprint density at radius 2 is 2.06 bits per heavy atom. The lowest BCUT2D eigenvalue weighted by molar-refractivity contribution is 1.16. The predicted molar refractivity (Wildman–Crippen MR) is 80.4 cm³/mol. The molecule has 0 atom stereocenters. The number of nitrogens with zero attached hydrogens (tertiary/aromatic N) is 1. The van der Waals surface area contributed by atoms with Gasteiger partial charge in [-0.05, 0) is 6.07 Å². The van der Waals surface area contributed by atoms with Crippen LogP contribution in [-0.4, -0.2) is 21.1 Å². The first-order valence-corrected chi connectivity index (χ1v) is 7.28. The van der Waals surface area contributed by atoms with Crippen LogP contribution in [0.4, 0.5) is 10.7 Å². The highest BCUT2D eigenvalue weighted by Crippen LogP contribution is 2.46. The summed E-state index contributed by atoms with van der Waals surface area (Å²) in [5, 5.41) is 8.65. The molecule has 91 valence electrons. The zero-order valence-electron chi connectivity index (χ0n) is 9.60. The third-order valence-electron chi connectivity index (χ3n) is 2.22. The maximum absolute atomic E-state index is 6.27. The minimum Gasteiger partial charge on any atom is -0.386 e. The molecule has 2 rings (SSSR count). The van der Waals surface area contributed by atoms with Crippen LogP contribution in [0.5, 0.6) is 0 Å². The van der Waals surface area contributed by atoms with Crippen molar-refractivity contribution >= 4 is 56.6 Å². The van der Waals surface area contributed by atoms with Crippen LogP contribution in [0.2, 0.25) is 10.0 Å². The molecule has 1 N–H and O–H groups in total. The molecule has 2 nitrogen and oxygen atoms in total. The van der Waals surface area contributed by atoms with E-state index in [1.54, 1.807) is 11.3 Å². The van der Waals surface area contributed by atoms with E-state index >= 15 is 0 Å². The van der Waals surface area contributed by atoms with E-state index in [0.29, 0.717) is 5.02 Å². The molecule has 0 aliphatic rings. The predicted octanol–water partition coefficient (Wildman–Crippen LogP) is 4.69. The molecule has 0 saturated heterocycles. The van der Waals surface area contributed by atoms with Crippen molar-refractivity contribution in [3.05, 3.63) is 21.5 Å². The molecule has 2 aromatic heterocycles. The van der Waals surface area contributed by atoms with Crippen molar-refractivity contribution in [1.29, 1.82) is 0 Å². The highest BCUT2D eigenvalue weighted by Gasteiger charge is 2.16. The molecule has 2 aromatic rings. The Bertz CT molecular complexity index is 532. The summed E-state index contributed by atoms with van der Waals surface area (Å²) < 4.78 is 0. The fourth-order valence-electron chi connectivity index (χ4n) is 1.40. The standard InChI is InChI=1S/C11H11Cl2N2S2/c1-14-7-5-16-10(9(7)13)8-4-6(12)11(17-8)15(2)3/h4,14H,1-3H3. The third-order valence-corrected chi connectivity index (χ3v) is 5.50. The fraction of sp³-hybridized carbons (Fsp3) is 0.273. The van der Waals surface area contributed by atoms with Gasteiger partial charge in [-0.3, -0.25) is 0 Å². The molecule has 0 saturated carbocycles. The van der Waals surface area contributed by atoms with Crippen molar-refractivity contribution in [2.45, 2.75) is 0 Å². The van der Waals surface area contributed by atoms with Crippen LogP contribution in [0.15, 0.2) is 6.07 Å². The maximum Gasteiger partial charge on any atom is 0.110 e. The Morgan fingerprint density at radius 3 is 2.53 bits per heavy atom. The molecule has 0 fully saturated rings. The van der Waals surface area contributed by atoms with Gasteiger partial charge in [-0.2, -0.15) is 0 Å². The number of hydrogen-bond acceptors (Lipinski definition) is 4. The van der Waals surface area contributed by atoms with Gasteiger partial charge in [0.2, 0.25) is 0 Å². The van der Waals surface area contributed by atoms with E-state index in [0.717, 1.165) is 25.5 Å². The van der Waals surface area contributed by atoms with Gasteiger partial charge in [-0.25, -0.2) is 0 Å². The number of halogens is 2. The van der Waals surface area contributed by atoms with Crippen LogP contribution in [0, 0.1) is 5.38 Å². The lowest BCUT2D eigenvalue weighted by atomic mass is 10.3. The van der Waals surface area contributed by atoms with Crippen molar-refractivity contribution in [2.75, 3.05) is 31.4 Å². The van der Waals surface area contributed by atoms with E-state index < -0.39 is 0 Å². The lowest BCUT2D eigenvalue weighted by Gasteiger charge is -2.08. The average Bonchev–Trinajstić information content (AvgIpc) is 2.81. The molecule has 2 heterocycles. The highest BCUT2D eigenvalue weighted by atomic mass is 35.5. The Kier molecular flexibility index (Phi) is 3.88. The van der Waals surface area contributed by atoms with E-state index in [1.165, 1.54) is 11.3 Å². The lowest BCUT2D eigenvalue weighted by Crippen LogP contribution is -2.06. The number of anilines is 2. The Labute approximate surface area is 119 Å². The topological polar surface area (TPSA) is 15.3 Å². The van der Waals surface area contributed by atoms with Gasteiger partial charge in [0.25, 0.3) is 0 Å². The van der Waals surface area contributed by atoms with Gasteiger partial charge in [0.15, 0.2) is 0 Å². The number of rotatable bonds is 3. The first-order valence-electron chi connectivity index (χ1n) is 4.89. The molecule has 0 aromatic carbocycles. The van der Waals surface area contributed by atoms with Gasteiger partial charge in [0.05, 0.1) is 26.0 Å². The second-order valence-electron chi connectivity index (χ2n) is 3.63. The molecule has 0 spiro atoms. The highest BCUT2D eigenvalue weighted by molar-refractivity contribution is 7.24. The molecule has 0 bridgehead atoms. The summed E-state index contributed by atoms with van der Waals surface area (Å²) in [6.45, 7) is 0. The summed E-state index contributed by atoms with van der Waals surface area (Å²) in [5.74, 6) is 0. The minimum atomic E-state index is 0.709. The summed E-state index contributed by atoms with van der Waals surface area (Å²) in [7, 11) is 5.78. The Morgan fingerprint density at radius 1 is 1.35 bits per heavy atom. The quantitative estimate of drug-likeness (QED) is 0.885. The molecule has 1 radical (unpaired) electrons. The van der Waals surface area contributed by atoms with Gasteiger partial charge >= 0.3 is 0 Å². The van der Waals surface area contributed by atoms with Crippen LogP contribution in [0.3, 0.4) is 0 Å². The molecule has 17 heavy (non-hydrogen) atoms. The van der Waals surface area contributed by atoms with Gasteiger partial charge in [-0.1, -0.05) is 23.2 Å². The van der Waals surface area contributed by atoms with Gasteiger partial charge in [0, 0.05) is 26.0 Å². The zero-order valence-corrected chi connectivity index (χ0v) is 12.7. The molecule has 0 amide bonds. The monoisotopic (exact) mass is 305 g/mol. The smallest absolute Gasteiger partial charge is 0.110 e. The molecular formula is C11H11Cl2N2S2.